The van der Waals surface area contributed by atoms with Crippen LogP contribution < -0.4 is 0 Å². The number of aryl methyl sites for hydroxylation is 1. The zero-order valence-electron chi connectivity index (χ0n) is 10.2. The molecular formula is C13H11Br2ClN2O. The van der Waals surface area contributed by atoms with Crippen LogP contribution in [0.1, 0.15) is 29.4 Å². The molecule has 0 saturated heterocycles. The van der Waals surface area contributed by atoms with Crippen molar-refractivity contribution in [3.8, 4) is 0 Å². The molecule has 0 bridgehead atoms. The van der Waals surface area contributed by atoms with Crippen LogP contribution in [0.4, 0.5) is 0 Å². The molecule has 0 radical (unpaired) electrons. The second-order valence-corrected chi connectivity index (χ2v) is 6.29. The van der Waals surface area contributed by atoms with Crippen LogP contribution in [0, 0.1) is 0 Å². The lowest BCUT2D eigenvalue weighted by Gasteiger charge is -2.07. The van der Waals surface area contributed by atoms with Gasteiger partial charge in [-0.15, -0.1) is 0 Å². The summed E-state index contributed by atoms with van der Waals surface area (Å²) in [6.07, 6.45) is 2.40. The van der Waals surface area contributed by atoms with E-state index in [0.717, 1.165) is 15.4 Å². The summed E-state index contributed by atoms with van der Waals surface area (Å²) in [4.78, 5) is 12.5. The second kappa shape index (κ2) is 6.20. The van der Waals surface area contributed by atoms with Gasteiger partial charge in [-0.25, -0.2) is 0 Å². The van der Waals surface area contributed by atoms with Gasteiger partial charge in [0.25, 0.3) is 0 Å². The van der Waals surface area contributed by atoms with E-state index in [1.165, 1.54) is 6.20 Å². The maximum Gasteiger partial charge on any atom is 0.212 e. The van der Waals surface area contributed by atoms with Gasteiger partial charge < -0.3 is 0 Å². The quantitative estimate of drug-likeness (QED) is 0.690. The molecule has 19 heavy (non-hydrogen) atoms. The summed E-state index contributed by atoms with van der Waals surface area (Å²) in [5, 5.41) is 4.52. The lowest BCUT2D eigenvalue weighted by molar-refractivity contribution is 0.102. The first-order valence-corrected chi connectivity index (χ1v) is 7.71. The van der Waals surface area contributed by atoms with Crippen molar-refractivity contribution in [3.05, 3.63) is 49.6 Å². The Morgan fingerprint density at radius 1 is 1.32 bits per heavy atom. The molecule has 1 heterocycles. The van der Waals surface area contributed by atoms with Crippen molar-refractivity contribution in [3.63, 3.8) is 0 Å². The van der Waals surface area contributed by atoms with Crippen molar-refractivity contribution in [1.82, 2.24) is 9.78 Å². The highest BCUT2D eigenvalue weighted by Crippen LogP contribution is 2.24. The van der Waals surface area contributed by atoms with Gasteiger partial charge in [-0.3, -0.25) is 9.48 Å². The molecule has 0 fully saturated rings. The Morgan fingerprint density at radius 2 is 1.95 bits per heavy atom. The molecule has 1 aromatic carbocycles. The zero-order chi connectivity index (χ0) is 14.0. The summed E-state index contributed by atoms with van der Waals surface area (Å²) in [6, 6.07) is 5.42. The number of nitrogens with zero attached hydrogens (tertiary/aromatic N) is 2. The van der Waals surface area contributed by atoms with Gasteiger partial charge in [-0.05, 0) is 24.6 Å². The number of hydrogen-bond acceptors (Lipinski definition) is 2. The van der Waals surface area contributed by atoms with Gasteiger partial charge >= 0.3 is 0 Å². The van der Waals surface area contributed by atoms with Gasteiger partial charge in [0, 0.05) is 21.1 Å². The van der Waals surface area contributed by atoms with Crippen LogP contribution in [0.25, 0.3) is 0 Å². The third-order valence-electron chi connectivity index (χ3n) is 2.57. The van der Waals surface area contributed by atoms with Crippen molar-refractivity contribution in [2.75, 3.05) is 0 Å². The topological polar surface area (TPSA) is 34.9 Å². The fourth-order valence-corrected chi connectivity index (χ4v) is 3.31. The number of aromatic nitrogens is 2. The lowest BCUT2D eigenvalue weighted by Crippen LogP contribution is -2.12. The van der Waals surface area contributed by atoms with Crippen LogP contribution in [0.15, 0.2) is 33.3 Å². The molecule has 0 aliphatic rings. The van der Waals surface area contributed by atoms with Crippen LogP contribution in [0.2, 0.25) is 5.02 Å². The first-order chi connectivity index (χ1) is 9.02. The van der Waals surface area contributed by atoms with E-state index in [4.69, 9.17) is 11.6 Å². The minimum Gasteiger partial charge on any atom is -0.287 e. The molecular weight excluding hydrogens is 395 g/mol. The maximum atomic E-state index is 12.5. The Labute approximate surface area is 133 Å². The summed E-state index contributed by atoms with van der Waals surface area (Å²) in [5.74, 6) is -0.127. The Morgan fingerprint density at radius 3 is 2.53 bits per heavy atom. The van der Waals surface area contributed by atoms with Gasteiger partial charge in [-0.1, -0.05) is 50.4 Å². The number of ketones is 1. The predicted octanol–water partition coefficient (Wildman–Crippen LogP) is 4.70. The van der Waals surface area contributed by atoms with Crippen molar-refractivity contribution >= 4 is 49.2 Å². The molecule has 0 aliphatic heterocycles. The highest BCUT2D eigenvalue weighted by Gasteiger charge is 2.19. The average Bonchev–Trinajstić information content (AvgIpc) is 2.69. The van der Waals surface area contributed by atoms with E-state index in [-0.39, 0.29) is 5.78 Å². The Hall–Kier alpha value is -0.650. The lowest BCUT2D eigenvalue weighted by atomic mass is 10.1. The van der Waals surface area contributed by atoms with E-state index in [1.54, 1.807) is 16.8 Å². The number of benzene rings is 1. The van der Waals surface area contributed by atoms with Gasteiger partial charge in [-0.2, -0.15) is 5.10 Å². The van der Waals surface area contributed by atoms with E-state index in [1.807, 2.05) is 13.0 Å². The molecule has 0 unspecified atom stereocenters. The highest BCUT2D eigenvalue weighted by molar-refractivity contribution is 9.11. The molecule has 0 amide bonds. The molecule has 0 saturated carbocycles. The van der Waals surface area contributed by atoms with Gasteiger partial charge in [0.2, 0.25) is 5.78 Å². The van der Waals surface area contributed by atoms with Crippen LogP contribution in [-0.4, -0.2) is 15.6 Å². The third kappa shape index (κ3) is 3.27. The maximum absolute atomic E-state index is 12.5. The summed E-state index contributed by atoms with van der Waals surface area (Å²) >= 11 is 12.8. The average molecular weight is 407 g/mol. The van der Waals surface area contributed by atoms with Crippen LogP contribution >= 0.6 is 43.5 Å². The third-order valence-corrected chi connectivity index (χ3v) is 3.76. The first-order valence-electron chi connectivity index (χ1n) is 5.75. The molecule has 1 aromatic heterocycles. The SMILES string of the molecule is CCCn1ncc(Cl)c1C(=O)c1cc(Br)cc(Br)c1. The van der Waals surface area contributed by atoms with E-state index >= 15 is 0 Å². The fraction of sp³-hybridized carbons (Fsp3) is 0.231. The van der Waals surface area contributed by atoms with E-state index in [0.29, 0.717) is 22.8 Å². The monoisotopic (exact) mass is 404 g/mol. The van der Waals surface area contributed by atoms with Crippen molar-refractivity contribution in [2.45, 2.75) is 19.9 Å². The van der Waals surface area contributed by atoms with Crippen LogP contribution in [0.5, 0.6) is 0 Å². The number of carbonyl (C=O) groups excluding carboxylic acids is 1. The molecule has 3 nitrogen and oxygen atoms in total. The van der Waals surface area contributed by atoms with Crippen molar-refractivity contribution in [1.29, 1.82) is 0 Å². The predicted molar refractivity (Wildman–Crippen MR) is 82.8 cm³/mol. The molecule has 6 heteroatoms. The summed E-state index contributed by atoms with van der Waals surface area (Å²) in [5.41, 5.74) is 1.01. The molecule has 0 N–H and O–H groups in total. The second-order valence-electron chi connectivity index (χ2n) is 4.05. The summed E-state index contributed by atoms with van der Waals surface area (Å²) in [7, 11) is 0. The smallest absolute Gasteiger partial charge is 0.212 e. The number of carbonyl (C=O) groups is 1. The number of rotatable bonds is 4. The molecule has 2 aromatic rings. The Bertz CT molecular complexity index is 605. The van der Waals surface area contributed by atoms with Crippen LogP contribution in [-0.2, 0) is 6.54 Å². The highest BCUT2D eigenvalue weighted by atomic mass is 79.9. The molecule has 100 valence electrons. The minimum atomic E-state index is -0.127. The summed E-state index contributed by atoms with van der Waals surface area (Å²) < 4.78 is 3.32. The molecule has 0 spiro atoms. The number of hydrogen-bond donors (Lipinski definition) is 0. The minimum absolute atomic E-state index is 0.127. The standard InChI is InChI=1S/C13H11Br2ClN2O/c1-2-3-18-12(11(16)7-17-18)13(19)8-4-9(14)6-10(15)5-8/h4-7H,2-3H2,1H3. The fourth-order valence-electron chi connectivity index (χ4n) is 1.79. The normalized spacial score (nSPS) is 10.7. The van der Waals surface area contributed by atoms with Crippen molar-refractivity contribution < 1.29 is 4.79 Å². The Kier molecular flexibility index (Phi) is 4.81. The summed E-state index contributed by atoms with van der Waals surface area (Å²) in [6.45, 7) is 2.70. The first kappa shape index (κ1) is 14.8. The van der Waals surface area contributed by atoms with Gasteiger partial charge in [0.1, 0.15) is 5.69 Å². The zero-order valence-corrected chi connectivity index (χ0v) is 14.1. The van der Waals surface area contributed by atoms with E-state index in [9.17, 15) is 4.79 Å². The van der Waals surface area contributed by atoms with Gasteiger partial charge in [0.15, 0.2) is 0 Å². The van der Waals surface area contributed by atoms with Crippen LogP contribution in [0.3, 0.4) is 0 Å². The number of halogens is 3. The molecule has 2 rings (SSSR count). The van der Waals surface area contributed by atoms with Crippen molar-refractivity contribution in [2.24, 2.45) is 0 Å². The Balaban J connectivity index is 2.46. The van der Waals surface area contributed by atoms with E-state index < -0.39 is 0 Å². The van der Waals surface area contributed by atoms with Gasteiger partial charge in [0.05, 0.1) is 11.2 Å². The molecule has 0 atom stereocenters. The van der Waals surface area contributed by atoms with E-state index in [2.05, 4.69) is 37.0 Å². The largest absolute Gasteiger partial charge is 0.287 e. The molecule has 0 aliphatic carbocycles.